The topological polar surface area (TPSA) is 75.7 Å². The summed E-state index contributed by atoms with van der Waals surface area (Å²) in [6, 6.07) is 9.86. The van der Waals surface area contributed by atoms with E-state index < -0.39 is 11.0 Å². The molecule has 0 radical (unpaired) electrons. The van der Waals surface area contributed by atoms with Gasteiger partial charge in [0.1, 0.15) is 0 Å². The van der Waals surface area contributed by atoms with Gasteiger partial charge in [0, 0.05) is 24.5 Å². The Labute approximate surface area is 191 Å². The van der Waals surface area contributed by atoms with Crippen molar-refractivity contribution in [2.75, 3.05) is 6.61 Å². The van der Waals surface area contributed by atoms with Crippen molar-refractivity contribution in [3.05, 3.63) is 35.9 Å². The first-order valence-corrected chi connectivity index (χ1v) is 11.8. The van der Waals surface area contributed by atoms with Crippen LogP contribution in [0.2, 0.25) is 0 Å². The maximum absolute atomic E-state index is 13.4. The van der Waals surface area contributed by atoms with E-state index in [4.69, 9.17) is 4.74 Å². The average Bonchev–Trinajstić information content (AvgIpc) is 2.68. The van der Waals surface area contributed by atoms with Crippen LogP contribution in [-0.2, 0) is 25.7 Å². The molecule has 0 heterocycles. The largest absolute Gasteiger partial charge is 0.455 e. The van der Waals surface area contributed by atoms with Crippen LogP contribution in [0.25, 0.3) is 0 Å². The van der Waals surface area contributed by atoms with Crippen molar-refractivity contribution in [2.24, 2.45) is 17.3 Å². The third kappa shape index (κ3) is 4.55. The van der Waals surface area contributed by atoms with Crippen molar-refractivity contribution in [1.82, 2.24) is 10.2 Å². The lowest BCUT2D eigenvalue weighted by molar-refractivity contribution is -0.179. The first-order chi connectivity index (χ1) is 15.0. The molecule has 0 saturated heterocycles. The second kappa shape index (κ2) is 8.20. The number of carbonyl (C=O) groups is 3. The lowest BCUT2D eigenvalue weighted by Crippen LogP contribution is -2.64. The number of nitrogens with one attached hydrogen (secondary N) is 1. The van der Waals surface area contributed by atoms with E-state index in [9.17, 15) is 14.4 Å². The Morgan fingerprint density at radius 3 is 2.25 bits per heavy atom. The van der Waals surface area contributed by atoms with Crippen LogP contribution in [-0.4, -0.2) is 40.4 Å². The van der Waals surface area contributed by atoms with Crippen LogP contribution >= 0.6 is 0 Å². The van der Waals surface area contributed by atoms with Gasteiger partial charge in [0.2, 0.25) is 5.91 Å². The fourth-order valence-electron chi connectivity index (χ4n) is 6.84. The molecule has 2 amide bonds. The fraction of sp³-hybridized carbons (Fsp3) is 0.654. The molecule has 0 aliphatic heterocycles. The summed E-state index contributed by atoms with van der Waals surface area (Å²) in [6.45, 7) is 7.76. The molecule has 32 heavy (non-hydrogen) atoms. The molecule has 6 heteroatoms. The molecule has 4 aliphatic rings. The Bertz CT molecular complexity index is 875. The van der Waals surface area contributed by atoms with Crippen LogP contribution in [0.3, 0.4) is 0 Å². The molecule has 4 bridgehead atoms. The number of rotatable bonds is 6. The summed E-state index contributed by atoms with van der Waals surface area (Å²) in [5, 5.41) is 3.18. The highest BCUT2D eigenvalue weighted by Gasteiger charge is 2.61. The lowest BCUT2D eigenvalue weighted by Gasteiger charge is -2.60. The van der Waals surface area contributed by atoms with E-state index in [-0.39, 0.29) is 29.9 Å². The van der Waals surface area contributed by atoms with Gasteiger partial charge in [-0.15, -0.1) is 0 Å². The second-order valence-electron chi connectivity index (χ2n) is 11.4. The molecule has 0 spiro atoms. The summed E-state index contributed by atoms with van der Waals surface area (Å²) in [5.41, 5.74) is -0.210. The molecular weight excluding hydrogens is 404 g/mol. The lowest BCUT2D eigenvalue weighted by atomic mass is 9.47. The first-order valence-electron chi connectivity index (χ1n) is 11.8. The van der Waals surface area contributed by atoms with Gasteiger partial charge in [-0.05, 0) is 76.7 Å². The van der Waals surface area contributed by atoms with Gasteiger partial charge in [-0.25, -0.2) is 0 Å². The number of amides is 2. The van der Waals surface area contributed by atoms with E-state index in [1.807, 2.05) is 51.1 Å². The van der Waals surface area contributed by atoms with Gasteiger partial charge in [0.25, 0.3) is 5.91 Å². The van der Waals surface area contributed by atoms with Crippen LogP contribution in [0.15, 0.2) is 30.3 Å². The SMILES string of the molecule is CC(=O)NC12C[C@@H]3C[C@@H](C1)CC(C(=O)OCC(=O)N(Cc1ccccc1)C(C)(C)C)(C3)C2. The van der Waals surface area contributed by atoms with Crippen molar-refractivity contribution in [3.8, 4) is 0 Å². The molecule has 0 unspecified atom stereocenters. The maximum atomic E-state index is 13.4. The van der Waals surface area contributed by atoms with Crippen LogP contribution < -0.4 is 5.32 Å². The Morgan fingerprint density at radius 2 is 1.69 bits per heavy atom. The van der Waals surface area contributed by atoms with Gasteiger partial charge in [-0.1, -0.05) is 30.3 Å². The molecular formula is C26H36N2O4. The second-order valence-corrected chi connectivity index (χ2v) is 11.4. The number of hydrogen-bond acceptors (Lipinski definition) is 4. The van der Waals surface area contributed by atoms with Crippen LogP contribution in [0, 0.1) is 17.3 Å². The summed E-state index contributed by atoms with van der Waals surface area (Å²) >= 11 is 0. The average molecular weight is 441 g/mol. The molecule has 4 saturated carbocycles. The monoisotopic (exact) mass is 440 g/mol. The minimum Gasteiger partial charge on any atom is -0.455 e. The number of carbonyl (C=O) groups excluding carboxylic acids is 3. The maximum Gasteiger partial charge on any atom is 0.312 e. The highest BCUT2D eigenvalue weighted by Crippen LogP contribution is 2.62. The minimum atomic E-state index is -0.571. The number of ether oxygens (including phenoxy) is 1. The molecule has 1 N–H and O–H groups in total. The van der Waals surface area contributed by atoms with Gasteiger partial charge >= 0.3 is 5.97 Å². The molecule has 5 rings (SSSR count). The van der Waals surface area contributed by atoms with E-state index >= 15 is 0 Å². The minimum absolute atomic E-state index is 0.0348. The zero-order chi connectivity index (χ0) is 23.1. The molecule has 4 fully saturated rings. The normalized spacial score (nSPS) is 30.6. The van der Waals surface area contributed by atoms with E-state index in [0.29, 0.717) is 24.8 Å². The number of nitrogens with zero attached hydrogens (tertiary/aromatic N) is 1. The Hall–Kier alpha value is -2.37. The molecule has 0 aromatic heterocycles. The molecule has 4 aliphatic carbocycles. The standard InChI is InChI=1S/C26H36N2O4/c1-18(29)27-26-13-20-10-21(14-26)12-25(11-20,17-26)23(31)32-16-22(30)28(24(2,3)4)15-19-8-6-5-7-9-19/h5-9,20-21H,10-17H2,1-4H3,(H,27,29)/t20-,21-,25?,26?/m1/s1. The summed E-state index contributed by atoms with van der Waals surface area (Å²) in [4.78, 5) is 40.1. The predicted octanol–water partition coefficient (Wildman–Crippen LogP) is 3.83. The summed E-state index contributed by atoms with van der Waals surface area (Å²) in [6.07, 6.45) is 5.28. The zero-order valence-corrected chi connectivity index (χ0v) is 19.8. The molecule has 2 atom stereocenters. The van der Waals surface area contributed by atoms with Crippen LogP contribution in [0.4, 0.5) is 0 Å². The highest BCUT2D eigenvalue weighted by molar-refractivity contribution is 5.84. The fourth-order valence-corrected chi connectivity index (χ4v) is 6.84. The van der Waals surface area contributed by atoms with E-state index in [1.165, 1.54) is 0 Å². The third-order valence-electron chi connectivity index (χ3n) is 7.56. The van der Waals surface area contributed by atoms with Gasteiger partial charge in [-0.3, -0.25) is 14.4 Å². The van der Waals surface area contributed by atoms with Gasteiger partial charge in [-0.2, -0.15) is 0 Å². The van der Waals surface area contributed by atoms with E-state index in [1.54, 1.807) is 11.8 Å². The zero-order valence-electron chi connectivity index (χ0n) is 19.8. The van der Waals surface area contributed by atoms with Crippen molar-refractivity contribution in [1.29, 1.82) is 0 Å². The predicted molar refractivity (Wildman–Crippen MR) is 121 cm³/mol. The Morgan fingerprint density at radius 1 is 1.06 bits per heavy atom. The Kier molecular flexibility index (Phi) is 5.84. The number of esters is 1. The van der Waals surface area contributed by atoms with Crippen molar-refractivity contribution in [2.45, 2.75) is 83.8 Å². The van der Waals surface area contributed by atoms with Gasteiger partial charge in [0.05, 0.1) is 5.41 Å². The van der Waals surface area contributed by atoms with Crippen molar-refractivity contribution >= 4 is 17.8 Å². The summed E-state index contributed by atoms with van der Waals surface area (Å²) in [5.74, 6) is 0.401. The summed E-state index contributed by atoms with van der Waals surface area (Å²) in [7, 11) is 0. The summed E-state index contributed by atoms with van der Waals surface area (Å²) < 4.78 is 5.71. The Balaban J connectivity index is 1.44. The molecule has 1 aromatic rings. The quantitative estimate of drug-likeness (QED) is 0.682. The van der Waals surface area contributed by atoms with Crippen LogP contribution in [0.1, 0.15) is 71.8 Å². The van der Waals surface area contributed by atoms with E-state index in [2.05, 4.69) is 5.32 Å². The molecule has 1 aromatic carbocycles. The first kappa shape index (κ1) is 22.8. The molecule has 6 nitrogen and oxygen atoms in total. The highest BCUT2D eigenvalue weighted by atomic mass is 16.5. The molecule has 174 valence electrons. The van der Waals surface area contributed by atoms with Gasteiger partial charge < -0.3 is 15.0 Å². The van der Waals surface area contributed by atoms with Gasteiger partial charge in [0.15, 0.2) is 6.61 Å². The van der Waals surface area contributed by atoms with Crippen LogP contribution in [0.5, 0.6) is 0 Å². The van der Waals surface area contributed by atoms with Crippen molar-refractivity contribution < 1.29 is 19.1 Å². The van der Waals surface area contributed by atoms with Crippen molar-refractivity contribution in [3.63, 3.8) is 0 Å². The van der Waals surface area contributed by atoms with E-state index in [0.717, 1.165) is 37.7 Å². The third-order valence-corrected chi connectivity index (χ3v) is 7.56. The smallest absolute Gasteiger partial charge is 0.312 e. The number of benzene rings is 1. The number of hydrogen-bond donors (Lipinski definition) is 1.